The molecule has 0 spiro atoms. The minimum absolute atomic E-state index is 0.0268. The van der Waals surface area contributed by atoms with Crippen molar-refractivity contribution in [3.8, 4) is 28.2 Å². The van der Waals surface area contributed by atoms with Crippen molar-refractivity contribution >= 4 is 26.9 Å². The van der Waals surface area contributed by atoms with Crippen molar-refractivity contribution in [1.29, 1.82) is 0 Å². The maximum atomic E-state index is 15.5. The average Bonchev–Trinajstić information content (AvgIpc) is 2.97. The number of ether oxygens (including phenoxy) is 1. The summed E-state index contributed by atoms with van der Waals surface area (Å²) in [7, 11) is -6.57. The number of hydrogen-bond acceptors (Lipinski definition) is 7. The van der Waals surface area contributed by atoms with Gasteiger partial charge >= 0.3 is 15.6 Å². The zero-order valence-electron chi connectivity index (χ0n) is 22.4. The molecule has 0 amide bonds. The van der Waals surface area contributed by atoms with Gasteiger partial charge in [0.1, 0.15) is 0 Å². The van der Waals surface area contributed by atoms with Gasteiger partial charge < -0.3 is 13.3 Å². The van der Waals surface area contributed by atoms with Gasteiger partial charge in [0.25, 0.3) is 5.43 Å². The molecule has 15 heteroatoms. The Morgan fingerprint density at radius 2 is 1.64 bits per heavy atom. The van der Waals surface area contributed by atoms with E-state index < -0.39 is 83.7 Å². The molecule has 2 heterocycles. The second-order valence-electron chi connectivity index (χ2n) is 10.1. The first-order valence-electron chi connectivity index (χ1n) is 13.2. The number of alkyl halides is 3. The summed E-state index contributed by atoms with van der Waals surface area (Å²) in [6.45, 7) is 1.22. The quantitative estimate of drug-likeness (QED) is 0.0660. The highest BCUT2D eigenvalue weighted by Gasteiger charge is 2.49. The van der Waals surface area contributed by atoms with E-state index in [1.807, 2.05) is 0 Å². The minimum atomic E-state index is -6.57. The third kappa shape index (κ3) is 5.77. The predicted molar refractivity (Wildman–Crippen MR) is 142 cm³/mol. The number of Topliss-reactive ketones (excluding diaryl/α,β-unsaturated/α-hetero) is 1. The molecular weight excluding hydrogens is 625 g/mol. The van der Waals surface area contributed by atoms with E-state index in [2.05, 4.69) is 4.18 Å². The maximum absolute atomic E-state index is 15.5. The molecule has 1 saturated heterocycles. The van der Waals surface area contributed by atoms with Crippen molar-refractivity contribution in [2.45, 2.75) is 37.6 Å². The summed E-state index contributed by atoms with van der Waals surface area (Å²) in [5.41, 5.74) is -10.2. The highest BCUT2D eigenvalue weighted by Crippen LogP contribution is 2.45. The van der Waals surface area contributed by atoms with Crippen LogP contribution in [0.15, 0.2) is 45.6 Å². The smallest absolute Gasteiger partial charge is 0.450 e. The second-order valence-corrected chi connectivity index (χ2v) is 11.7. The summed E-state index contributed by atoms with van der Waals surface area (Å²) in [6, 6.07) is 6.41. The molecule has 0 radical (unpaired) electrons. The number of carbonyl (C=O) groups excluding carboxylic acids is 1. The van der Waals surface area contributed by atoms with Gasteiger partial charge in [0.2, 0.25) is 17.4 Å². The second kappa shape index (κ2) is 11.8. The lowest BCUT2D eigenvalue weighted by atomic mass is 9.87. The zero-order valence-corrected chi connectivity index (χ0v) is 23.2. The molecule has 0 aromatic heterocycles. The minimum Gasteiger partial charge on any atom is -0.450 e. The molecule has 0 bridgehead atoms. The zero-order chi connectivity index (χ0) is 32.0. The van der Waals surface area contributed by atoms with Crippen LogP contribution in [0.2, 0.25) is 0 Å². The van der Waals surface area contributed by atoms with Crippen molar-refractivity contribution in [1.82, 2.24) is 0 Å². The number of hydrogen-bond donors (Lipinski definition) is 0. The Kier molecular flexibility index (Phi) is 8.46. The van der Waals surface area contributed by atoms with Crippen LogP contribution >= 0.6 is 0 Å². The van der Waals surface area contributed by atoms with Gasteiger partial charge in [0.05, 0.1) is 0 Å². The van der Waals surface area contributed by atoms with E-state index in [-0.39, 0.29) is 17.5 Å². The van der Waals surface area contributed by atoms with Crippen LogP contribution in [0.3, 0.4) is 0 Å². The van der Waals surface area contributed by atoms with Crippen LogP contribution < -0.4 is 9.61 Å². The fourth-order valence-corrected chi connectivity index (χ4v) is 5.64. The summed E-state index contributed by atoms with van der Waals surface area (Å²) in [5, 5.41) is -0.649. The van der Waals surface area contributed by atoms with Crippen LogP contribution in [0.5, 0.6) is 5.75 Å². The Bertz CT molecular complexity index is 1900. The van der Waals surface area contributed by atoms with Crippen molar-refractivity contribution in [3.63, 3.8) is 0 Å². The highest BCUT2D eigenvalue weighted by molar-refractivity contribution is 7.88. The largest absolute Gasteiger partial charge is 0.534 e. The van der Waals surface area contributed by atoms with Crippen LogP contribution in [-0.4, -0.2) is 32.9 Å². The summed E-state index contributed by atoms with van der Waals surface area (Å²) in [5.74, 6) is -10.8. The van der Waals surface area contributed by atoms with Crippen molar-refractivity contribution in [2.75, 3.05) is 13.2 Å². The molecule has 7 nitrogen and oxygen atoms in total. The first kappa shape index (κ1) is 31.4. The van der Waals surface area contributed by atoms with E-state index in [9.17, 15) is 35.6 Å². The molecule has 3 aliphatic rings. The van der Waals surface area contributed by atoms with Crippen molar-refractivity contribution in [3.05, 3.63) is 75.5 Å². The SMILES string of the molecule is O=C(CCCC1CCOCC1)c1ccccc1-c1c2cc(F)c(=O)c(F)c-2oc2c(F)c(OS(=O)(=O)C(F)(F)F)c(F)cc12. The lowest BCUT2D eigenvalue weighted by molar-refractivity contribution is -0.0501. The normalized spacial score (nSPS) is 14.8. The Balaban J connectivity index is 1.71. The van der Waals surface area contributed by atoms with Gasteiger partial charge in [0, 0.05) is 41.7 Å². The van der Waals surface area contributed by atoms with Crippen LogP contribution in [0.1, 0.15) is 42.5 Å². The lowest BCUT2D eigenvalue weighted by Crippen LogP contribution is -2.28. The van der Waals surface area contributed by atoms with Gasteiger partial charge in [0.15, 0.2) is 28.8 Å². The summed E-state index contributed by atoms with van der Waals surface area (Å²) in [6.07, 6.45) is 2.90. The van der Waals surface area contributed by atoms with Crippen LogP contribution in [0.25, 0.3) is 33.4 Å². The molecule has 2 aliphatic heterocycles. The van der Waals surface area contributed by atoms with Gasteiger partial charge in [-0.15, -0.1) is 0 Å². The molecule has 2 aromatic carbocycles. The van der Waals surface area contributed by atoms with Crippen molar-refractivity contribution in [2.24, 2.45) is 5.92 Å². The Morgan fingerprint density at radius 1 is 0.955 bits per heavy atom. The molecule has 1 fully saturated rings. The molecule has 234 valence electrons. The third-order valence-corrected chi connectivity index (χ3v) is 8.29. The number of carbonyl (C=O) groups is 1. The number of fused-ring (bicyclic) bond motifs is 2. The first-order valence-corrected chi connectivity index (χ1v) is 14.6. The number of rotatable bonds is 8. The Hall–Kier alpha value is -3.98. The van der Waals surface area contributed by atoms with Crippen LogP contribution in [0, 0.1) is 29.2 Å². The highest BCUT2D eigenvalue weighted by atomic mass is 32.2. The van der Waals surface area contributed by atoms with E-state index in [1.165, 1.54) is 24.3 Å². The molecule has 5 rings (SSSR count). The molecule has 0 N–H and O–H groups in total. The summed E-state index contributed by atoms with van der Waals surface area (Å²) in [4.78, 5) is 25.4. The van der Waals surface area contributed by atoms with Crippen molar-refractivity contribution < 1.29 is 57.3 Å². The maximum Gasteiger partial charge on any atom is 0.534 e. The molecular formula is C29H21F7O7S. The summed E-state index contributed by atoms with van der Waals surface area (Å²) >= 11 is 0. The van der Waals surface area contributed by atoms with E-state index in [1.54, 1.807) is 0 Å². The molecule has 44 heavy (non-hydrogen) atoms. The molecule has 0 saturated carbocycles. The molecule has 0 unspecified atom stereocenters. The number of ketones is 1. The fraction of sp³-hybridized carbons (Fsp3) is 0.310. The van der Waals surface area contributed by atoms with Gasteiger partial charge in [-0.2, -0.15) is 30.4 Å². The topological polar surface area (TPSA) is 99.9 Å². The van der Waals surface area contributed by atoms with Gasteiger partial charge in [-0.1, -0.05) is 24.3 Å². The lowest BCUT2D eigenvalue weighted by Gasteiger charge is -2.22. The molecule has 2 aromatic rings. The molecule has 0 atom stereocenters. The summed E-state index contributed by atoms with van der Waals surface area (Å²) < 4.78 is 136. The number of benzene rings is 3. The first-order chi connectivity index (χ1) is 20.7. The van der Waals surface area contributed by atoms with E-state index in [4.69, 9.17) is 9.15 Å². The van der Waals surface area contributed by atoms with Gasteiger partial charge in [-0.25, -0.2) is 8.78 Å². The monoisotopic (exact) mass is 646 g/mol. The average molecular weight is 647 g/mol. The molecule has 1 aliphatic carbocycles. The van der Waals surface area contributed by atoms with Crippen LogP contribution in [-0.2, 0) is 14.9 Å². The van der Waals surface area contributed by atoms with Gasteiger partial charge in [-0.3, -0.25) is 9.59 Å². The number of halogens is 7. The Morgan fingerprint density at radius 3 is 2.32 bits per heavy atom. The van der Waals surface area contributed by atoms with E-state index in [0.717, 1.165) is 19.3 Å². The van der Waals surface area contributed by atoms with E-state index in [0.29, 0.717) is 37.7 Å². The standard InChI is InChI=1S/C29H21F7O7S/c30-19-12-17-22(16-6-2-1-5-15(16)21(37)7-3-4-14-8-10-41-11-9-14)18-13-20(31)28(43-44(39,40)29(34,35)36)24(33)27(18)42-26(17)23(32)25(19)38/h1-2,5-6,12-14H,3-4,7-11H2. The Labute approximate surface area is 244 Å². The van der Waals surface area contributed by atoms with E-state index >= 15 is 13.2 Å². The predicted octanol–water partition coefficient (Wildman–Crippen LogP) is 7.13. The fourth-order valence-electron chi connectivity index (χ4n) is 5.17. The third-order valence-electron chi connectivity index (χ3n) is 7.34. The van der Waals surface area contributed by atoms with Gasteiger partial charge in [-0.05, 0) is 49.3 Å². The van der Waals surface area contributed by atoms with Crippen LogP contribution in [0.4, 0.5) is 30.7 Å².